The van der Waals surface area contributed by atoms with Crippen molar-refractivity contribution in [1.29, 1.82) is 0 Å². The first-order valence-electron chi connectivity index (χ1n) is 4.23. The van der Waals surface area contributed by atoms with Crippen LogP contribution in [0.1, 0.15) is 5.56 Å². The Hall–Kier alpha value is -1.64. The third-order valence-electron chi connectivity index (χ3n) is 1.82. The van der Waals surface area contributed by atoms with Crippen molar-refractivity contribution in [2.45, 2.75) is 0 Å². The minimum Gasteiger partial charge on any atom is -0.504 e. The molecular formula is C11H14O3. The van der Waals surface area contributed by atoms with E-state index in [2.05, 4.69) is 0 Å². The predicted molar refractivity (Wildman–Crippen MR) is 55.6 cm³/mol. The summed E-state index contributed by atoms with van der Waals surface area (Å²) in [5.41, 5.74) is 0.954. The molecule has 0 aliphatic heterocycles. The predicted octanol–water partition coefficient (Wildman–Crippen LogP) is 2.32. The minimum atomic E-state index is 0.762. The summed E-state index contributed by atoms with van der Waals surface area (Å²) >= 11 is 0. The summed E-state index contributed by atoms with van der Waals surface area (Å²) in [7, 11) is 4.85. The molecule has 0 amide bonds. The molecule has 0 atom stereocenters. The SMILES string of the molecule is COC=Cc1ccc(OC)cc1OC. The molecule has 76 valence electrons. The number of ether oxygens (including phenoxy) is 3. The van der Waals surface area contributed by atoms with Crippen molar-refractivity contribution in [3.63, 3.8) is 0 Å². The molecular weight excluding hydrogens is 180 g/mol. The first-order valence-corrected chi connectivity index (χ1v) is 4.23. The highest BCUT2D eigenvalue weighted by Gasteiger charge is 2.01. The van der Waals surface area contributed by atoms with E-state index in [1.54, 1.807) is 27.6 Å². The maximum absolute atomic E-state index is 5.20. The summed E-state index contributed by atoms with van der Waals surface area (Å²) in [4.78, 5) is 0. The lowest BCUT2D eigenvalue weighted by atomic mass is 10.2. The molecule has 0 radical (unpaired) electrons. The van der Waals surface area contributed by atoms with Crippen molar-refractivity contribution in [2.24, 2.45) is 0 Å². The summed E-state index contributed by atoms with van der Waals surface area (Å²) in [6.07, 6.45) is 3.43. The maximum atomic E-state index is 5.20. The molecule has 0 spiro atoms. The number of hydrogen-bond acceptors (Lipinski definition) is 3. The van der Waals surface area contributed by atoms with Gasteiger partial charge in [0.2, 0.25) is 0 Å². The quantitative estimate of drug-likeness (QED) is 0.688. The van der Waals surface area contributed by atoms with Gasteiger partial charge in [-0.05, 0) is 18.2 Å². The Balaban J connectivity index is 2.99. The molecule has 0 aliphatic rings. The maximum Gasteiger partial charge on any atom is 0.129 e. The van der Waals surface area contributed by atoms with Gasteiger partial charge in [-0.1, -0.05) is 0 Å². The zero-order valence-electron chi connectivity index (χ0n) is 8.61. The molecule has 0 heterocycles. The molecule has 0 N–H and O–H groups in total. The summed E-state index contributed by atoms with van der Waals surface area (Å²) in [5, 5.41) is 0. The van der Waals surface area contributed by atoms with Crippen molar-refractivity contribution >= 4 is 6.08 Å². The first kappa shape index (κ1) is 10.4. The molecule has 1 rings (SSSR count). The van der Waals surface area contributed by atoms with Crippen molar-refractivity contribution < 1.29 is 14.2 Å². The lowest BCUT2D eigenvalue weighted by Gasteiger charge is -2.06. The number of benzene rings is 1. The van der Waals surface area contributed by atoms with Crippen LogP contribution in [0.4, 0.5) is 0 Å². The molecule has 0 saturated carbocycles. The van der Waals surface area contributed by atoms with Crippen molar-refractivity contribution in [2.75, 3.05) is 21.3 Å². The van der Waals surface area contributed by atoms with Gasteiger partial charge < -0.3 is 14.2 Å². The molecule has 3 nitrogen and oxygen atoms in total. The Morgan fingerprint density at radius 1 is 1.07 bits per heavy atom. The Bertz CT molecular complexity index is 318. The highest BCUT2D eigenvalue weighted by molar-refractivity contribution is 5.58. The normalized spacial score (nSPS) is 10.2. The van der Waals surface area contributed by atoms with Crippen LogP contribution >= 0.6 is 0 Å². The van der Waals surface area contributed by atoms with E-state index >= 15 is 0 Å². The van der Waals surface area contributed by atoms with Gasteiger partial charge in [-0.3, -0.25) is 0 Å². The van der Waals surface area contributed by atoms with E-state index in [0.717, 1.165) is 17.1 Å². The van der Waals surface area contributed by atoms with Crippen LogP contribution in [0.5, 0.6) is 11.5 Å². The van der Waals surface area contributed by atoms with Gasteiger partial charge in [0.15, 0.2) is 0 Å². The summed E-state index contributed by atoms with van der Waals surface area (Å²) < 4.78 is 15.1. The first-order chi connectivity index (χ1) is 6.81. The van der Waals surface area contributed by atoms with Crippen molar-refractivity contribution in [3.8, 4) is 11.5 Å². The van der Waals surface area contributed by atoms with Gasteiger partial charge in [0, 0.05) is 11.6 Å². The smallest absolute Gasteiger partial charge is 0.129 e. The molecule has 0 fully saturated rings. The topological polar surface area (TPSA) is 27.7 Å². The molecule has 1 aromatic rings. The second-order valence-electron chi connectivity index (χ2n) is 2.65. The summed E-state index contributed by atoms with van der Waals surface area (Å²) in [6.45, 7) is 0. The van der Waals surface area contributed by atoms with E-state index in [4.69, 9.17) is 14.2 Å². The van der Waals surface area contributed by atoms with Crippen LogP contribution in [0.2, 0.25) is 0 Å². The number of hydrogen-bond donors (Lipinski definition) is 0. The van der Waals surface area contributed by atoms with Crippen LogP contribution < -0.4 is 9.47 Å². The van der Waals surface area contributed by atoms with Crippen LogP contribution in [0.3, 0.4) is 0 Å². The third-order valence-corrected chi connectivity index (χ3v) is 1.82. The third kappa shape index (κ3) is 2.42. The van der Waals surface area contributed by atoms with Crippen LogP contribution in [-0.4, -0.2) is 21.3 Å². The van der Waals surface area contributed by atoms with Gasteiger partial charge in [0.05, 0.1) is 27.6 Å². The fourth-order valence-electron chi connectivity index (χ4n) is 1.10. The zero-order chi connectivity index (χ0) is 10.4. The molecule has 0 unspecified atom stereocenters. The highest BCUT2D eigenvalue weighted by Crippen LogP contribution is 2.25. The van der Waals surface area contributed by atoms with E-state index in [1.807, 2.05) is 24.3 Å². The van der Waals surface area contributed by atoms with E-state index in [0.29, 0.717) is 0 Å². The zero-order valence-corrected chi connectivity index (χ0v) is 8.61. The summed E-state index contributed by atoms with van der Waals surface area (Å²) in [6, 6.07) is 5.61. The van der Waals surface area contributed by atoms with Gasteiger partial charge in [-0.25, -0.2) is 0 Å². The van der Waals surface area contributed by atoms with E-state index < -0.39 is 0 Å². The monoisotopic (exact) mass is 194 g/mol. The van der Waals surface area contributed by atoms with Gasteiger partial charge in [-0.2, -0.15) is 0 Å². The van der Waals surface area contributed by atoms with Gasteiger partial charge >= 0.3 is 0 Å². The molecule has 1 aromatic carbocycles. The fourth-order valence-corrected chi connectivity index (χ4v) is 1.10. The van der Waals surface area contributed by atoms with Gasteiger partial charge in [0.25, 0.3) is 0 Å². The largest absolute Gasteiger partial charge is 0.504 e. The van der Waals surface area contributed by atoms with E-state index in [-0.39, 0.29) is 0 Å². The molecule has 0 saturated heterocycles. The van der Waals surface area contributed by atoms with E-state index in [1.165, 1.54) is 0 Å². The molecule has 3 heteroatoms. The Morgan fingerprint density at radius 3 is 2.43 bits per heavy atom. The minimum absolute atomic E-state index is 0.762. The molecule has 0 aliphatic carbocycles. The van der Waals surface area contributed by atoms with Crippen molar-refractivity contribution in [3.05, 3.63) is 30.0 Å². The highest BCUT2D eigenvalue weighted by atomic mass is 16.5. The van der Waals surface area contributed by atoms with Gasteiger partial charge in [-0.15, -0.1) is 0 Å². The van der Waals surface area contributed by atoms with E-state index in [9.17, 15) is 0 Å². The molecule has 0 bridgehead atoms. The average Bonchev–Trinajstić information content (AvgIpc) is 2.26. The lowest BCUT2D eigenvalue weighted by molar-refractivity contribution is 0.341. The Morgan fingerprint density at radius 2 is 1.86 bits per heavy atom. The number of methoxy groups -OCH3 is 3. The Kier molecular flexibility index (Phi) is 3.85. The molecule has 0 aromatic heterocycles. The lowest BCUT2D eigenvalue weighted by Crippen LogP contribution is -1.89. The standard InChI is InChI=1S/C11H14O3/c1-12-7-6-9-4-5-10(13-2)8-11(9)14-3/h4-8H,1-3H3. The van der Waals surface area contributed by atoms with Gasteiger partial charge in [0.1, 0.15) is 11.5 Å². The summed E-state index contributed by atoms with van der Waals surface area (Å²) in [5.74, 6) is 1.54. The number of rotatable bonds is 4. The van der Waals surface area contributed by atoms with Crippen molar-refractivity contribution in [1.82, 2.24) is 0 Å². The van der Waals surface area contributed by atoms with Crippen LogP contribution in [0, 0.1) is 0 Å². The van der Waals surface area contributed by atoms with Crippen LogP contribution in [-0.2, 0) is 4.74 Å². The average molecular weight is 194 g/mol. The Labute approximate surface area is 83.9 Å². The fraction of sp³-hybridized carbons (Fsp3) is 0.273. The molecule has 14 heavy (non-hydrogen) atoms. The van der Waals surface area contributed by atoms with Crippen LogP contribution in [0.25, 0.3) is 6.08 Å². The second kappa shape index (κ2) is 5.17. The van der Waals surface area contributed by atoms with Crippen LogP contribution in [0.15, 0.2) is 24.5 Å². The second-order valence-corrected chi connectivity index (χ2v) is 2.65.